The molecule has 214 valence electrons. The lowest BCUT2D eigenvalue weighted by Crippen LogP contribution is -2.51. The van der Waals surface area contributed by atoms with Crippen LogP contribution in [0.15, 0.2) is 70.0 Å². The zero-order valence-electron chi connectivity index (χ0n) is 22.8. The van der Waals surface area contributed by atoms with E-state index in [1.165, 1.54) is 30.7 Å². The Kier molecular flexibility index (Phi) is 9.63. The maximum atomic E-state index is 13.6. The molecule has 1 fully saturated rings. The lowest BCUT2D eigenvalue weighted by Gasteiger charge is -2.27. The number of anilines is 1. The molecule has 10 heteroatoms. The number of amides is 2. The summed E-state index contributed by atoms with van der Waals surface area (Å²) in [5, 5.41) is 8.99. The number of sulfone groups is 1. The van der Waals surface area contributed by atoms with Gasteiger partial charge in [0.15, 0.2) is 15.6 Å². The average Bonchev–Trinajstić information content (AvgIpc) is 3.43. The Hall–Kier alpha value is -3.66. The van der Waals surface area contributed by atoms with E-state index < -0.39 is 27.6 Å². The number of hydrogen-bond acceptors (Lipinski definition) is 6. The summed E-state index contributed by atoms with van der Waals surface area (Å²) in [5.74, 6) is -0.483. The third-order valence-corrected chi connectivity index (χ3v) is 8.23. The lowest BCUT2D eigenvalue weighted by atomic mass is 9.84. The van der Waals surface area contributed by atoms with Crippen molar-refractivity contribution in [1.82, 2.24) is 10.6 Å². The summed E-state index contributed by atoms with van der Waals surface area (Å²) in [6.07, 6.45) is 7.09. The molecule has 3 aromatic rings. The largest absolute Gasteiger partial charge is 0.451 e. The van der Waals surface area contributed by atoms with Gasteiger partial charge in [-0.25, -0.2) is 12.8 Å². The second kappa shape index (κ2) is 13.1. The van der Waals surface area contributed by atoms with Crippen molar-refractivity contribution in [3.05, 3.63) is 72.2 Å². The second-order valence-electron chi connectivity index (χ2n) is 10.5. The monoisotopic (exact) mass is 569 g/mol. The Morgan fingerprint density at radius 2 is 1.75 bits per heavy atom. The van der Waals surface area contributed by atoms with E-state index in [1.54, 1.807) is 36.4 Å². The van der Waals surface area contributed by atoms with Crippen LogP contribution in [0.2, 0.25) is 0 Å². The second-order valence-corrected chi connectivity index (χ2v) is 12.5. The summed E-state index contributed by atoms with van der Waals surface area (Å²) in [7, 11) is -3.33. The van der Waals surface area contributed by atoms with Gasteiger partial charge < -0.3 is 20.4 Å². The lowest BCUT2D eigenvalue weighted by molar-refractivity contribution is -0.124. The molecule has 0 bridgehead atoms. The van der Waals surface area contributed by atoms with Gasteiger partial charge in [0.1, 0.15) is 17.6 Å². The molecule has 3 N–H and O–H groups in total. The summed E-state index contributed by atoms with van der Waals surface area (Å²) in [6.45, 7) is 2.20. The van der Waals surface area contributed by atoms with Crippen molar-refractivity contribution in [2.75, 3.05) is 18.1 Å². The van der Waals surface area contributed by atoms with E-state index >= 15 is 0 Å². The fourth-order valence-corrected chi connectivity index (χ4v) is 5.64. The quantitative estimate of drug-likeness (QED) is 0.293. The van der Waals surface area contributed by atoms with Gasteiger partial charge in [-0.05, 0) is 61.7 Å². The minimum absolute atomic E-state index is 0.0428. The number of halogens is 1. The molecule has 0 radical (unpaired) electrons. The fraction of sp³-hybridized carbons (Fsp3) is 0.400. The van der Waals surface area contributed by atoms with Gasteiger partial charge in [0.2, 0.25) is 5.91 Å². The molecule has 1 aliphatic rings. The van der Waals surface area contributed by atoms with Crippen LogP contribution in [0.25, 0.3) is 11.3 Å². The molecule has 4 rings (SSSR count). The van der Waals surface area contributed by atoms with Crippen molar-refractivity contribution < 1.29 is 26.8 Å². The Balaban J connectivity index is 1.40. The van der Waals surface area contributed by atoms with Gasteiger partial charge >= 0.3 is 0 Å². The summed E-state index contributed by atoms with van der Waals surface area (Å²) in [6, 6.07) is 14.5. The SMILES string of the molecule is C[C@@H](CNc1cccc(S(C)(=O)=O)c1)NC(=O)C(CC1CCCCC1)NC(=O)c1ccc(-c2cccc(F)c2)o1. The summed E-state index contributed by atoms with van der Waals surface area (Å²) < 4.78 is 43.0. The first-order valence-corrected chi connectivity index (χ1v) is 15.5. The van der Waals surface area contributed by atoms with E-state index in [-0.39, 0.29) is 22.6 Å². The molecule has 1 saturated carbocycles. The standard InChI is InChI=1S/C30H36FN3O5S/c1-20(19-32-24-12-7-13-25(18-24)40(2,37)38)33-29(35)26(16-21-8-4-3-5-9-21)34-30(36)28-15-14-27(39-28)22-10-6-11-23(31)17-22/h6-7,10-15,17-18,20-21,26,32H,3-5,8-9,16,19H2,1-2H3,(H,33,35)(H,34,36)/t20-,26?/m0/s1. The first kappa shape index (κ1) is 29.3. The highest BCUT2D eigenvalue weighted by molar-refractivity contribution is 7.90. The van der Waals surface area contributed by atoms with Crippen molar-refractivity contribution in [2.24, 2.45) is 5.92 Å². The van der Waals surface area contributed by atoms with Crippen LogP contribution >= 0.6 is 0 Å². The van der Waals surface area contributed by atoms with E-state index in [0.717, 1.165) is 31.9 Å². The third-order valence-electron chi connectivity index (χ3n) is 7.12. The van der Waals surface area contributed by atoms with Gasteiger partial charge in [0, 0.05) is 30.1 Å². The molecule has 1 aliphatic carbocycles. The first-order valence-electron chi connectivity index (χ1n) is 13.6. The maximum Gasteiger partial charge on any atom is 0.287 e. The topological polar surface area (TPSA) is 118 Å². The Bertz CT molecular complexity index is 1430. The summed E-state index contributed by atoms with van der Waals surface area (Å²) in [5.41, 5.74) is 1.14. The summed E-state index contributed by atoms with van der Waals surface area (Å²) in [4.78, 5) is 26.7. The zero-order chi connectivity index (χ0) is 28.7. The molecule has 0 saturated heterocycles. The van der Waals surface area contributed by atoms with Crippen LogP contribution < -0.4 is 16.0 Å². The van der Waals surface area contributed by atoms with Gasteiger partial charge in [-0.1, -0.05) is 50.3 Å². The van der Waals surface area contributed by atoms with Gasteiger partial charge in [-0.2, -0.15) is 0 Å². The number of benzene rings is 2. The molecular formula is C30H36FN3O5S. The molecule has 40 heavy (non-hydrogen) atoms. The van der Waals surface area contributed by atoms with Gasteiger partial charge in [0.05, 0.1) is 4.90 Å². The molecule has 2 aromatic carbocycles. The first-order chi connectivity index (χ1) is 19.1. The number of hydrogen-bond donors (Lipinski definition) is 3. The van der Waals surface area contributed by atoms with E-state index in [1.807, 2.05) is 6.92 Å². The van der Waals surface area contributed by atoms with Crippen molar-refractivity contribution in [3.63, 3.8) is 0 Å². The minimum Gasteiger partial charge on any atom is -0.451 e. The number of furan rings is 1. The van der Waals surface area contributed by atoms with Crippen molar-refractivity contribution in [3.8, 4) is 11.3 Å². The molecule has 1 heterocycles. The predicted molar refractivity (Wildman–Crippen MR) is 152 cm³/mol. The minimum atomic E-state index is -3.33. The molecule has 1 unspecified atom stereocenters. The van der Waals surface area contributed by atoms with E-state index in [4.69, 9.17) is 4.42 Å². The van der Waals surface area contributed by atoms with Gasteiger partial charge in [-0.3, -0.25) is 9.59 Å². The van der Waals surface area contributed by atoms with Crippen molar-refractivity contribution >= 4 is 27.3 Å². The number of carbonyl (C=O) groups is 2. The highest BCUT2D eigenvalue weighted by Crippen LogP contribution is 2.28. The Morgan fingerprint density at radius 3 is 2.48 bits per heavy atom. The Labute approximate surface area is 234 Å². The molecule has 2 atom stereocenters. The Morgan fingerprint density at radius 1 is 1.00 bits per heavy atom. The maximum absolute atomic E-state index is 13.6. The highest BCUT2D eigenvalue weighted by Gasteiger charge is 2.28. The van der Waals surface area contributed by atoms with Crippen molar-refractivity contribution in [1.29, 1.82) is 0 Å². The van der Waals surface area contributed by atoms with Gasteiger partial charge in [0.25, 0.3) is 5.91 Å². The molecule has 0 spiro atoms. The van der Waals surface area contributed by atoms with Crippen LogP contribution in [0.4, 0.5) is 10.1 Å². The number of carbonyl (C=O) groups excluding carboxylic acids is 2. The summed E-state index contributed by atoms with van der Waals surface area (Å²) >= 11 is 0. The third kappa shape index (κ3) is 8.17. The van der Waals surface area contributed by atoms with Crippen molar-refractivity contribution in [2.45, 2.75) is 62.4 Å². The van der Waals surface area contributed by atoms with E-state index in [0.29, 0.717) is 35.9 Å². The van der Waals surface area contributed by atoms with Crippen LogP contribution in [0, 0.1) is 11.7 Å². The number of nitrogens with one attached hydrogen (secondary N) is 3. The predicted octanol–water partition coefficient (Wildman–Crippen LogP) is 5.17. The molecule has 0 aliphatic heterocycles. The molecular weight excluding hydrogens is 533 g/mol. The van der Waals surface area contributed by atoms with E-state index in [9.17, 15) is 22.4 Å². The molecule has 8 nitrogen and oxygen atoms in total. The molecule has 1 aromatic heterocycles. The van der Waals surface area contributed by atoms with Crippen LogP contribution in [0.1, 0.15) is 56.0 Å². The van der Waals surface area contributed by atoms with Crippen LogP contribution in [-0.4, -0.2) is 45.1 Å². The highest BCUT2D eigenvalue weighted by atomic mass is 32.2. The fourth-order valence-electron chi connectivity index (χ4n) is 4.98. The number of rotatable bonds is 11. The average molecular weight is 570 g/mol. The molecule has 2 amide bonds. The smallest absolute Gasteiger partial charge is 0.287 e. The van der Waals surface area contributed by atoms with Crippen LogP contribution in [0.3, 0.4) is 0 Å². The van der Waals surface area contributed by atoms with Gasteiger partial charge in [-0.15, -0.1) is 0 Å². The van der Waals surface area contributed by atoms with Crippen LogP contribution in [-0.2, 0) is 14.6 Å². The normalized spacial score (nSPS) is 15.7. The van der Waals surface area contributed by atoms with Crippen LogP contribution in [0.5, 0.6) is 0 Å². The zero-order valence-corrected chi connectivity index (χ0v) is 23.6. The van der Waals surface area contributed by atoms with E-state index in [2.05, 4.69) is 16.0 Å².